The van der Waals surface area contributed by atoms with E-state index < -0.39 is 52.4 Å². The number of esters is 1. The molecule has 0 saturated carbocycles. The van der Waals surface area contributed by atoms with Crippen LogP contribution in [0.4, 0.5) is 23.8 Å². The van der Waals surface area contributed by atoms with Gasteiger partial charge in [-0.05, 0) is 13.0 Å². The first kappa shape index (κ1) is 19.5. The van der Waals surface area contributed by atoms with Crippen LogP contribution in [0.15, 0.2) is 16.5 Å². The highest BCUT2D eigenvalue weighted by molar-refractivity contribution is 5.83. The maximum Gasteiger partial charge on any atom is 0.437 e. The number of rotatable bonds is 4. The maximum atomic E-state index is 13.6. The molecule has 2 rings (SSSR count). The minimum atomic E-state index is -5.44. The molecule has 1 saturated heterocycles. The Hall–Kier alpha value is -2.83. The predicted molar refractivity (Wildman–Crippen MR) is 75.5 cm³/mol. The summed E-state index contributed by atoms with van der Waals surface area (Å²) in [6.45, 7) is 1.04. The Bertz CT molecular complexity index is 735. The number of furan rings is 1. The van der Waals surface area contributed by atoms with Gasteiger partial charge in [-0.15, -0.1) is 0 Å². The van der Waals surface area contributed by atoms with Crippen molar-refractivity contribution < 1.29 is 41.9 Å². The zero-order valence-corrected chi connectivity index (χ0v) is 13.4. The van der Waals surface area contributed by atoms with Crippen molar-refractivity contribution in [3.8, 4) is 0 Å². The van der Waals surface area contributed by atoms with Gasteiger partial charge in [-0.25, -0.2) is 4.79 Å². The molecule has 1 fully saturated rings. The molecular formula is C13H14F3N3O7. The molecule has 0 radical (unpaired) electrons. The van der Waals surface area contributed by atoms with Crippen molar-refractivity contribution in [1.29, 1.82) is 0 Å². The lowest BCUT2D eigenvalue weighted by atomic mass is 9.83. The molecule has 2 amide bonds. The van der Waals surface area contributed by atoms with Gasteiger partial charge in [-0.2, -0.15) is 13.2 Å². The Labute approximate surface area is 143 Å². The highest BCUT2D eigenvalue weighted by atomic mass is 19.4. The monoisotopic (exact) mass is 381 g/mol. The van der Waals surface area contributed by atoms with Crippen molar-refractivity contribution in [1.82, 2.24) is 10.2 Å². The van der Waals surface area contributed by atoms with E-state index in [1.165, 1.54) is 6.92 Å². The van der Waals surface area contributed by atoms with Crippen LogP contribution >= 0.6 is 0 Å². The Morgan fingerprint density at radius 1 is 1.54 bits per heavy atom. The Morgan fingerprint density at radius 2 is 2.15 bits per heavy atom. The van der Waals surface area contributed by atoms with Crippen molar-refractivity contribution in [3.05, 3.63) is 28.0 Å². The van der Waals surface area contributed by atoms with E-state index in [1.807, 2.05) is 0 Å². The second kappa shape index (κ2) is 6.48. The molecule has 1 aromatic heterocycles. The number of alkyl halides is 3. The standard InChI is InChI=1S/C13H14F3N3O7/c1-3-25-10(20)8-9(6-4-5-7(26-6)19(23)24)17-11(21)18(2)12(8,22)13(14,15)16/h4-5,8-9,22H,3H2,1-2H3,(H,17,21)/t8-,9+,12-/m0/s1. The number of amides is 2. The lowest BCUT2D eigenvalue weighted by Crippen LogP contribution is -2.73. The minimum absolute atomic E-state index is 0.0809. The first-order chi connectivity index (χ1) is 11.9. The van der Waals surface area contributed by atoms with Crippen LogP contribution in [0.5, 0.6) is 0 Å². The molecule has 26 heavy (non-hydrogen) atoms. The number of aliphatic hydroxyl groups is 1. The number of nitrogens with zero attached hydrogens (tertiary/aromatic N) is 2. The van der Waals surface area contributed by atoms with Crippen molar-refractivity contribution in [2.45, 2.75) is 24.9 Å². The van der Waals surface area contributed by atoms with Gasteiger partial charge in [0.1, 0.15) is 22.6 Å². The van der Waals surface area contributed by atoms with E-state index in [0.29, 0.717) is 7.05 Å². The highest BCUT2D eigenvalue weighted by Gasteiger charge is 2.70. The topological polar surface area (TPSA) is 135 Å². The third-order valence-corrected chi connectivity index (χ3v) is 3.92. The third kappa shape index (κ3) is 2.94. The molecule has 0 spiro atoms. The van der Waals surface area contributed by atoms with Crippen molar-refractivity contribution in [3.63, 3.8) is 0 Å². The summed E-state index contributed by atoms with van der Waals surface area (Å²) in [5.74, 6) is -5.19. The van der Waals surface area contributed by atoms with Crippen LogP contribution in [0.3, 0.4) is 0 Å². The fourth-order valence-corrected chi connectivity index (χ4v) is 2.65. The van der Waals surface area contributed by atoms with E-state index in [1.54, 1.807) is 0 Å². The zero-order chi connectivity index (χ0) is 19.9. The number of carbonyl (C=O) groups is 2. The highest BCUT2D eigenvalue weighted by Crippen LogP contribution is 2.47. The summed E-state index contributed by atoms with van der Waals surface area (Å²) < 4.78 is 50.2. The first-order valence-electron chi connectivity index (χ1n) is 7.19. The Morgan fingerprint density at radius 3 is 2.62 bits per heavy atom. The van der Waals surface area contributed by atoms with Gasteiger partial charge in [0.05, 0.1) is 12.7 Å². The fourth-order valence-electron chi connectivity index (χ4n) is 2.65. The second-order valence-electron chi connectivity index (χ2n) is 5.37. The van der Waals surface area contributed by atoms with Crippen LogP contribution in [-0.4, -0.2) is 52.5 Å². The molecule has 1 aliphatic rings. The van der Waals surface area contributed by atoms with Crippen LogP contribution in [0.25, 0.3) is 0 Å². The molecule has 2 heterocycles. The van der Waals surface area contributed by atoms with Gasteiger partial charge in [0.15, 0.2) is 0 Å². The van der Waals surface area contributed by atoms with Crippen LogP contribution in [0, 0.1) is 16.0 Å². The van der Waals surface area contributed by atoms with E-state index >= 15 is 0 Å². The van der Waals surface area contributed by atoms with E-state index in [-0.39, 0.29) is 11.5 Å². The van der Waals surface area contributed by atoms with Gasteiger partial charge in [-0.1, -0.05) is 0 Å². The lowest BCUT2D eigenvalue weighted by Gasteiger charge is -2.48. The summed E-state index contributed by atoms with van der Waals surface area (Å²) in [5.41, 5.74) is -3.92. The molecule has 3 atom stereocenters. The largest absolute Gasteiger partial charge is 0.466 e. The zero-order valence-electron chi connectivity index (χ0n) is 13.4. The number of ether oxygens (including phenoxy) is 1. The molecule has 2 N–H and O–H groups in total. The summed E-state index contributed by atoms with van der Waals surface area (Å²) in [6, 6.07) is -1.45. The number of nitro groups is 1. The van der Waals surface area contributed by atoms with Crippen molar-refractivity contribution in [2.24, 2.45) is 5.92 Å². The average Bonchev–Trinajstić information content (AvgIpc) is 3.01. The van der Waals surface area contributed by atoms with Gasteiger partial charge in [0.2, 0.25) is 0 Å². The van der Waals surface area contributed by atoms with Gasteiger partial charge in [0.25, 0.3) is 5.72 Å². The lowest BCUT2D eigenvalue weighted by molar-refractivity contribution is -0.402. The molecule has 1 aliphatic heterocycles. The van der Waals surface area contributed by atoms with Gasteiger partial charge < -0.3 is 19.6 Å². The quantitative estimate of drug-likeness (QED) is 0.456. The minimum Gasteiger partial charge on any atom is -0.466 e. The number of hydrogen-bond acceptors (Lipinski definition) is 7. The predicted octanol–water partition coefficient (Wildman–Crippen LogP) is 1.31. The van der Waals surface area contributed by atoms with Gasteiger partial charge in [-0.3, -0.25) is 19.8 Å². The third-order valence-electron chi connectivity index (χ3n) is 3.92. The Balaban J connectivity index is 2.62. The number of hydrogen-bond donors (Lipinski definition) is 2. The molecule has 0 aromatic carbocycles. The molecule has 10 nitrogen and oxygen atoms in total. The number of carbonyl (C=O) groups excluding carboxylic acids is 2. The summed E-state index contributed by atoms with van der Waals surface area (Å²) in [5, 5.41) is 23.1. The Kier molecular flexibility index (Phi) is 4.86. The van der Waals surface area contributed by atoms with E-state index in [4.69, 9.17) is 4.42 Å². The summed E-state index contributed by atoms with van der Waals surface area (Å²) >= 11 is 0. The summed E-state index contributed by atoms with van der Waals surface area (Å²) in [4.78, 5) is 33.8. The van der Waals surface area contributed by atoms with Crippen LogP contribution in [0.1, 0.15) is 18.7 Å². The molecule has 144 valence electrons. The molecule has 0 unspecified atom stereocenters. The SMILES string of the molecule is CCOC(=O)[C@@H]1[C@@H](c2ccc([N+](=O)[O-])o2)NC(=O)N(C)[C@@]1(O)C(F)(F)F. The summed E-state index contributed by atoms with van der Waals surface area (Å²) in [7, 11) is 0.649. The number of urea groups is 1. The van der Waals surface area contributed by atoms with Gasteiger partial charge >= 0.3 is 24.1 Å². The summed E-state index contributed by atoms with van der Waals surface area (Å²) in [6.07, 6.45) is -5.44. The fraction of sp³-hybridized carbons (Fsp3) is 0.538. The van der Waals surface area contributed by atoms with E-state index in [9.17, 15) is 38.0 Å². The van der Waals surface area contributed by atoms with E-state index in [0.717, 1.165) is 12.1 Å². The molecule has 0 bridgehead atoms. The first-order valence-corrected chi connectivity index (χ1v) is 7.19. The van der Waals surface area contributed by atoms with Crippen molar-refractivity contribution in [2.75, 3.05) is 13.7 Å². The average molecular weight is 381 g/mol. The van der Waals surface area contributed by atoms with Gasteiger partial charge in [0, 0.05) is 7.05 Å². The van der Waals surface area contributed by atoms with Crippen LogP contribution < -0.4 is 5.32 Å². The maximum absolute atomic E-state index is 13.6. The molecule has 1 aromatic rings. The molecule has 0 aliphatic carbocycles. The van der Waals surface area contributed by atoms with E-state index in [2.05, 4.69) is 10.1 Å². The number of halogens is 3. The molecule has 13 heteroatoms. The van der Waals surface area contributed by atoms with Crippen LogP contribution in [-0.2, 0) is 9.53 Å². The smallest absolute Gasteiger partial charge is 0.437 e. The van der Waals surface area contributed by atoms with Crippen molar-refractivity contribution >= 4 is 17.9 Å². The molecular weight excluding hydrogens is 367 g/mol. The number of nitrogens with one attached hydrogen (secondary N) is 1. The normalized spacial score (nSPS) is 26.4. The second-order valence-corrected chi connectivity index (χ2v) is 5.37. The van der Waals surface area contributed by atoms with Crippen LogP contribution in [0.2, 0.25) is 0 Å².